The maximum atomic E-state index is 14.2. The first kappa shape index (κ1) is 13.7. The van der Waals surface area contributed by atoms with Crippen molar-refractivity contribution in [1.82, 2.24) is 15.5 Å². The number of amides is 1. The predicted molar refractivity (Wildman–Crippen MR) is 84.5 cm³/mol. The number of nitrogens with one attached hydrogen (secondary N) is 2. The number of hydrogen-bond acceptors (Lipinski definition) is 2. The second-order valence-electron chi connectivity index (χ2n) is 5.65. The molecule has 2 N–H and O–H groups in total. The van der Waals surface area contributed by atoms with Crippen LogP contribution in [0.3, 0.4) is 0 Å². The van der Waals surface area contributed by atoms with E-state index in [9.17, 15) is 9.18 Å². The van der Waals surface area contributed by atoms with Crippen LogP contribution in [-0.2, 0) is 0 Å². The molecule has 0 saturated heterocycles. The maximum Gasteiger partial charge on any atom is 0.270 e. The number of aromatic nitrogens is 2. The van der Waals surface area contributed by atoms with E-state index in [1.54, 1.807) is 18.2 Å². The summed E-state index contributed by atoms with van der Waals surface area (Å²) in [5.41, 5.74) is 4.24. The van der Waals surface area contributed by atoms with Crippen LogP contribution >= 0.6 is 0 Å². The highest BCUT2D eigenvalue weighted by atomic mass is 19.1. The van der Waals surface area contributed by atoms with E-state index in [1.165, 1.54) is 6.07 Å². The van der Waals surface area contributed by atoms with Gasteiger partial charge >= 0.3 is 0 Å². The normalized spacial score (nSPS) is 16.3. The van der Waals surface area contributed by atoms with Gasteiger partial charge in [0.1, 0.15) is 11.5 Å². The number of carbonyl (C=O) groups excluding carboxylic acids is 1. The van der Waals surface area contributed by atoms with E-state index < -0.39 is 6.04 Å². The summed E-state index contributed by atoms with van der Waals surface area (Å²) in [4.78, 5) is 12.2. The Kier molecular flexibility index (Phi) is 3.01. The Morgan fingerprint density at radius 3 is 2.57 bits per heavy atom. The molecule has 0 radical (unpaired) electrons. The summed E-state index contributed by atoms with van der Waals surface area (Å²) in [6.07, 6.45) is 0. The second-order valence-corrected chi connectivity index (χ2v) is 5.65. The first-order valence-electron chi connectivity index (χ1n) is 7.36. The van der Waals surface area contributed by atoms with Crippen LogP contribution in [0.15, 0.2) is 48.5 Å². The molecule has 1 aliphatic rings. The van der Waals surface area contributed by atoms with Crippen molar-refractivity contribution in [2.75, 3.05) is 0 Å². The highest BCUT2D eigenvalue weighted by Gasteiger charge is 2.36. The average Bonchev–Trinajstić information content (AvgIpc) is 3.11. The molecule has 1 atom stereocenters. The Morgan fingerprint density at radius 1 is 1.09 bits per heavy atom. The Hall–Kier alpha value is -2.95. The lowest BCUT2D eigenvalue weighted by molar-refractivity contribution is 0.0955. The van der Waals surface area contributed by atoms with E-state index in [-0.39, 0.29) is 11.7 Å². The van der Waals surface area contributed by atoms with E-state index >= 15 is 0 Å². The molecule has 1 amide bonds. The molecule has 23 heavy (non-hydrogen) atoms. The number of nitrogens with zero attached hydrogens (tertiary/aromatic N) is 1. The van der Waals surface area contributed by atoms with Crippen LogP contribution < -0.4 is 5.32 Å². The Labute approximate surface area is 132 Å². The van der Waals surface area contributed by atoms with Crippen molar-refractivity contribution < 1.29 is 9.18 Å². The van der Waals surface area contributed by atoms with Crippen LogP contribution in [0.25, 0.3) is 11.3 Å². The van der Waals surface area contributed by atoms with Crippen LogP contribution in [0.2, 0.25) is 0 Å². The molecule has 2 aromatic carbocycles. The summed E-state index contributed by atoms with van der Waals surface area (Å²) in [5.74, 6) is -0.610. The highest BCUT2D eigenvalue weighted by molar-refractivity contribution is 6.00. The number of H-pyrrole nitrogens is 1. The topological polar surface area (TPSA) is 57.8 Å². The molecule has 0 aliphatic carbocycles. The maximum absolute atomic E-state index is 14.2. The van der Waals surface area contributed by atoms with Crippen LogP contribution in [0.5, 0.6) is 0 Å². The third-order valence-corrected chi connectivity index (χ3v) is 4.14. The van der Waals surface area contributed by atoms with E-state index in [0.29, 0.717) is 22.5 Å². The Bertz CT molecular complexity index is 899. The summed E-state index contributed by atoms with van der Waals surface area (Å²) in [6.45, 7) is 2.01. The zero-order valence-electron chi connectivity index (χ0n) is 12.4. The van der Waals surface area contributed by atoms with Gasteiger partial charge in [-0.1, -0.05) is 48.0 Å². The lowest BCUT2D eigenvalue weighted by Gasteiger charge is -2.14. The van der Waals surface area contributed by atoms with Gasteiger partial charge in [0.25, 0.3) is 5.91 Å². The molecule has 3 aromatic rings. The van der Waals surface area contributed by atoms with Gasteiger partial charge in [-0.2, -0.15) is 5.10 Å². The minimum atomic E-state index is -0.534. The van der Waals surface area contributed by atoms with Gasteiger partial charge in [0.15, 0.2) is 0 Å². The van der Waals surface area contributed by atoms with Crippen molar-refractivity contribution in [3.63, 3.8) is 0 Å². The minimum absolute atomic E-state index is 0.265. The van der Waals surface area contributed by atoms with Gasteiger partial charge in [-0.25, -0.2) is 4.39 Å². The van der Waals surface area contributed by atoms with Gasteiger partial charge in [0.2, 0.25) is 0 Å². The van der Waals surface area contributed by atoms with Gasteiger partial charge in [0, 0.05) is 16.7 Å². The second kappa shape index (κ2) is 5.05. The summed E-state index contributed by atoms with van der Waals surface area (Å²) in [5, 5.41) is 9.90. The molecule has 5 heteroatoms. The molecule has 114 valence electrons. The molecule has 4 rings (SSSR count). The molecule has 0 saturated carbocycles. The predicted octanol–water partition coefficient (Wildman–Crippen LogP) is 3.36. The lowest BCUT2D eigenvalue weighted by atomic mass is 9.96. The first-order valence-corrected chi connectivity index (χ1v) is 7.36. The van der Waals surface area contributed by atoms with Crippen LogP contribution in [0, 0.1) is 12.7 Å². The molecule has 0 fully saturated rings. The standard InChI is InChI=1S/C18H14FN3O/c1-10-6-8-11(9-7-10)15-14-16(12-4-2-3-5-13(12)19)20-18(23)17(14)22-21-15/h2-9,16H,1H3,(H,20,23)(H,21,22). The zero-order valence-corrected chi connectivity index (χ0v) is 12.4. The number of halogens is 1. The number of aryl methyl sites for hydroxylation is 1. The molecule has 1 aromatic heterocycles. The largest absolute Gasteiger partial charge is 0.340 e. The number of carbonyl (C=O) groups is 1. The average molecular weight is 307 g/mol. The molecule has 1 aliphatic heterocycles. The van der Waals surface area contributed by atoms with E-state index in [1.807, 2.05) is 31.2 Å². The fourth-order valence-corrected chi connectivity index (χ4v) is 2.95. The minimum Gasteiger partial charge on any atom is -0.340 e. The van der Waals surface area contributed by atoms with Crippen LogP contribution in [-0.4, -0.2) is 16.1 Å². The summed E-state index contributed by atoms with van der Waals surface area (Å²) in [7, 11) is 0. The van der Waals surface area contributed by atoms with E-state index in [2.05, 4.69) is 15.5 Å². The number of aromatic amines is 1. The van der Waals surface area contributed by atoms with Crippen molar-refractivity contribution >= 4 is 5.91 Å². The third-order valence-electron chi connectivity index (χ3n) is 4.14. The zero-order chi connectivity index (χ0) is 16.0. The smallest absolute Gasteiger partial charge is 0.270 e. The molecular weight excluding hydrogens is 293 g/mol. The van der Waals surface area contributed by atoms with Crippen molar-refractivity contribution in [2.45, 2.75) is 13.0 Å². The lowest BCUT2D eigenvalue weighted by Crippen LogP contribution is -2.21. The fraction of sp³-hybridized carbons (Fsp3) is 0.111. The molecule has 4 nitrogen and oxygen atoms in total. The Balaban J connectivity index is 1.88. The quantitative estimate of drug-likeness (QED) is 0.763. The van der Waals surface area contributed by atoms with Crippen LogP contribution in [0.1, 0.15) is 33.2 Å². The first-order chi connectivity index (χ1) is 11.1. The molecule has 0 spiro atoms. The van der Waals surface area contributed by atoms with Gasteiger partial charge in [0.05, 0.1) is 11.7 Å². The third kappa shape index (κ3) is 2.12. The number of rotatable bonds is 2. The van der Waals surface area contributed by atoms with Crippen molar-refractivity contribution in [3.05, 3.63) is 76.7 Å². The number of fused-ring (bicyclic) bond motifs is 1. The molecule has 1 unspecified atom stereocenters. The van der Waals surface area contributed by atoms with E-state index in [4.69, 9.17) is 0 Å². The van der Waals surface area contributed by atoms with Gasteiger partial charge < -0.3 is 5.32 Å². The van der Waals surface area contributed by atoms with Gasteiger partial charge in [-0.15, -0.1) is 0 Å². The van der Waals surface area contributed by atoms with Gasteiger partial charge in [-0.05, 0) is 13.0 Å². The van der Waals surface area contributed by atoms with Crippen molar-refractivity contribution in [3.8, 4) is 11.3 Å². The Morgan fingerprint density at radius 2 is 1.83 bits per heavy atom. The van der Waals surface area contributed by atoms with Crippen molar-refractivity contribution in [1.29, 1.82) is 0 Å². The van der Waals surface area contributed by atoms with Crippen molar-refractivity contribution in [2.24, 2.45) is 0 Å². The highest BCUT2D eigenvalue weighted by Crippen LogP contribution is 2.37. The van der Waals surface area contributed by atoms with Gasteiger partial charge in [-0.3, -0.25) is 9.89 Å². The fourth-order valence-electron chi connectivity index (χ4n) is 2.95. The summed E-state index contributed by atoms with van der Waals surface area (Å²) in [6, 6.07) is 13.8. The number of benzene rings is 2. The molecular formula is C18H14FN3O. The van der Waals surface area contributed by atoms with E-state index in [0.717, 1.165) is 11.1 Å². The summed E-state index contributed by atoms with van der Waals surface area (Å²) < 4.78 is 14.2. The molecule has 2 heterocycles. The monoisotopic (exact) mass is 307 g/mol. The summed E-state index contributed by atoms with van der Waals surface area (Å²) >= 11 is 0. The SMILES string of the molecule is Cc1ccc(-c2n[nH]c3c2C(c2ccccc2F)NC3=O)cc1. The van der Waals surface area contributed by atoms with Crippen LogP contribution in [0.4, 0.5) is 4.39 Å². The number of hydrogen-bond donors (Lipinski definition) is 2. The molecule has 0 bridgehead atoms.